The molecule has 0 saturated heterocycles. The highest BCUT2D eigenvalue weighted by molar-refractivity contribution is 6.13. The first-order valence-electron chi connectivity index (χ1n) is 4.91. The molecular formula is C12H10O5. The van der Waals surface area contributed by atoms with Gasteiger partial charge in [-0.3, -0.25) is 4.79 Å². The van der Waals surface area contributed by atoms with Crippen LogP contribution in [0.25, 0.3) is 0 Å². The van der Waals surface area contributed by atoms with Crippen molar-refractivity contribution in [1.82, 2.24) is 0 Å². The topological polar surface area (TPSA) is 72.8 Å². The summed E-state index contributed by atoms with van der Waals surface area (Å²) >= 11 is 0. The number of rotatable bonds is 2. The summed E-state index contributed by atoms with van der Waals surface area (Å²) < 4.78 is 10.3. The highest BCUT2D eigenvalue weighted by Gasteiger charge is 2.24. The Morgan fingerprint density at radius 3 is 2.94 bits per heavy atom. The zero-order valence-electron chi connectivity index (χ0n) is 9.10. The fraction of sp³-hybridized carbons (Fsp3) is 0.167. The van der Waals surface area contributed by atoms with Gasteiger partial charge in [-0.15, -0.1) is 0 Å². The average molecular weight is 234 g/mol. The Bertz CT molecular complexity index is 516. The Kier molecular flexibility index (Phi) is 2.82. The average Bonchev–Trinajstić information content (AvgIpc) is 2.32. The van der Waals surface area contributed by atoms with E-state index in [1.165, 1.54) is 13.2 Å². The molecule has 0 amide bonds. The van der Waals surface area contributed by atoms with Crippen LogP contribution >= 0.6 is 0 Å². The normalized spacial score (nSPS) is 16.3. The predicted octanol–water partition coefficient (Wildman–Crippen LogP) is 1.28. The number of carboxylic acids is 1. The maximum Gasteiger partial charge on any atom is 0.328 e. The zero-order chi connectivity index (χ0) is 12.4. The Morgan fingerprint density at radius 1 is 1.53 bits per heavy atom. The molecule has 5 heteroatoms. The van der Waals surface area contributed by atoms with Gasteiger partial charge >= 0.3 is 5.97 Å². The lowest BCUT2D eigenvalue weighted by molar-refractivity contribution is -0.131. The molecule has 0 atom stereocenters. The smallest absolute Gasteiger partial charge is 0.328 e. The summed E-state index contributed by atoms with van der Waals surface area (Å²) in [6.45, 7) is -0.0234. The van der Waals surface area contributed by atoms with Crippen LogP contribution in [-0.2, 0) is 4.79 Å². The van der Waals surface area contributed by atoms with Crippen LogP contribution in [-0.4, -0.2) is 30.6 Å². The number of ether oxygens (including phenoxy) is 2. The third kappa shape index (κ3) is 2.13. The number of Topliss-reactive ketones (excluding diaryl/α,β-unsaturated/α-hetero) is 1. The van der Waals surface area contributed by atoms with Crippen molar-refractivity contribution in [3.05, 3.63) is 35.4 Å². The van der Waals surface area contributed by atoms with Crippen molar-refractivity contribution in [2.75, 3.05) is 13.7 Å². The van der Waals surface area contributed by atoms with Gasteiger partial charge in [-0.05, 0) is 18.2 Å². The number of methoxy groups -OCH3 is 1. The van der Waals surface area contributed by atoms with Gasteiger partial charge < -0.3 is 14.6 Å². The Morgan fingerprint density at radius 2 is 2.29 bits per heavy atom. The van der Waals surface area contributed by atoms with Crippen molar-refractivity contribution < 1.29 is 24.2 Å². The SMILES string of the molecule is COc1ccc2c(c1)C(=O)C(=CC(=O)O)CO2. The van der Waals surface area contributed by atoms with Gasteiger partial charge in [-0.1, -0.05) is 0 Å². The van der Waals surface area contributed by atoms with Crippen LogP contribution in [0.4, 0.5) is 0 Å². The maximum atomic E-state index is 12.0. The van der Waals surface area contributed by atoms with Crippen molar-refractivity contribution in [3.63, 3.8) is 0 Å². The highest BCUT2D eigenvalue weighted by Crippen LogP contribution is 2.30. The van der Waals surface area contributed by atoms with Crippen LogP contribution in [0.5, 0.6) is 11.5 Å². The number of aliphatic carboxylic acids is 1. The molecule has 0 aliphatic carbocycles. The monoisotopic (exact) mass is 234 g/mol. The third-order valence-corrected chi connectivity index (χ3v) is 2.40. The van der Waals surface area contributed by atoms with Crippen LogP contribution < -0.4 is 9.47 Å². The van der Waals surface area contributed by atoms with Gasteiger partial charge in [-0.25, -0.2) is 4.79 Å². The van der Waals surface area contributed by atoms with Gasteiger partial charge in [-0.2, -0.15) is 0 Å². The molecule has 1 aliphatic heterocycles. The summed E-state index contributed by atoms with van der Waals surface area (Å²) in [5, 5.41) is 8.62. The van der Waals surface area contributed by atoms with E-state index in [2.05, 4.69) is 0 Å². The van der Waals surface area contributed by atoms with Crippen molar-refractivity contribution >= 4 is 11.8 Å². The molecule has 17 heavy (non-hydrogen) atoms. The molecule has 1 N–H and O–H groups in total. The van der Waals surface area contributed by atoms with Crippen LogP contribution in [0.3, 0.4) is 0 Å². The molecule has 1 aromatic rings. The molecule has 1 aliphatic rings. The number of carbonyl (C=O) groups is 2. The minimum absolute atomic E-state index is 0.0234. The Hall–Kier alpha value is -2.30. The molecule has 0 radical (unpaired) electrons. The van der Waals surface area contributed by atoms with Crippen LogP contribution in [0.1, 0.15) is 10.4 Å². The van der Waals surface area contributed by atoms with Gasteiger partial charge in [0.05, 0.1) is 12.7 Å². The minimum Gasteiger partial charge on any atom is -0.497 e. The van der Waals surface area contributed by atoms with E-state index in [9.17, 15) is 9.59 Å². The molecule has 0 bridgehead atoms. The summed E-state index contributed by atoms with van der Waals surface area (Å²) in [5.41, 5.74) is 0.446. The highest BCUT2D eigenvalue weighted by atomic mass is 16.5. The third-order valence-electron chi connectivity index (χ3n) is 2.40. The number of carbonyl (C=O) groups excluding carboxylic acids is 1. The minimum atomic E-state index is -1.16. The number of benzene rings is 1. The van der Waals surface area contributed by atoms with E-state index in [-0.39, 0.29) is 18.0 Å². The van der Waals surface area contributed by atoms with Crippen LogP contribution in [0.15, 0.2) is 29.8 Å². The Labute approximate surface area is 97.3 Å². The summed E-state index contributed by atoms with van der Waals surface area (Å²) in [5.74, 6) is -0.536. The quantitative estimate of drug-likeness (QED) is 0.780. The molecule has 1 heterocycles. The van der Waals surface area contributed by atoms with Gasteiger partial charge in [0.25, 0.3) is 0 Å². The first-order valence-corrected chi connectivity index (χ1v) is 4.91. The van der Waals surface area contributed by atoms with Gasteiger partial charge in [0.15, 0.2) is 5.78 Å². The van der Waals surface area contributed by atoms with Crippen LogP contribution in [0.2, 0.25) is 0 Å². The van der Waals surface area contributed by atoms with E-state index < -0.39 is 5.97 Å². The first kappa shape index (κ1) is 11.2. The summed E-state index contributed by atoms with van der Waals surface area (Å²) in [6, 6.07) is 4.84. The van der Waals surface area contributed by atoms with E-state index in [0.717, 1.165) is 6.08 Å². The van der Waals surface area contributed by atoms with Gasteiger partial charge in [0.2, 0.25) is 0 Å². The fourth-order valence-corrected chi connectivity index (χ4v) is 1.59. The van der Waals surface area contributed by atoms with Crippen LogP contribution in [0, 0.1) is 0 Å². The molecule has 0 aromatic heterocycles. The summed E-state index contributed by atoms with van der Waals surface area (Å²) in [6.07, 6.45) is 0.866. The molecule has 2 rings (SSSR count). The largest absolute Gasteiger partial charge is 0.497 e. The molecule has 0 unspecified atom stereocenters. The number of hydrogen-bond donors (Lipinski definition) is 1. The maximum absolute atomic E-state index is 12.0. The van der Waals surface area contributed by atoms with Crippen molar-refractivity contribution in [3.8, 4) is 11.5 Å². The van der Waals surface area contributed by atoms with Gasteiger partial charge in [0, 0.05) is 11.6 Å². The lowest BCUT2D eigenvalue weighted by Crippen LogP contribution is -2.20. The molecule has 0 saturated carbocycles. The van der Waals surface area contributed by atoms with Crippen molar-refractivity contribution in [1.29, 1.82) is 0 Å². The molecule has 0 fully saturated rings. The second-order valence-corrected chi connectivity index (χ2v) is 3.49. The fourth-order valence-electron chi connectivity index (χ4n) is 1.59. The number of hydrogen-bond acceptors (Lipinski definition) is 4. The second kappa shape index (κ2) is 4.29. The van der Waals surface area contributed by atoms with Gasteiger partial charge in [0.1, 0.15) is 18.1 Å². The second-order valence-electron chi connectivity index (χ2n) is 3.49. The van der Waals surface area contributed by atoms with E-state index in [1.807, 2.05) is 0 Å². The number of ketones is 1. The van der Waals surface area contributed by atoms with E-state index >= 15 is 0 Å². The summed E-state index contributed by atoms with van der Waals surface area (Å²) in [4.78, 5) is 22.5. The van der Waals surface area contributed by atoms with Crippen molar-refractivity contribution in [2.24, 2.45) is 0 Å². The predicted molar refractivity (Wildman–Crippen MR) is 58.5 cm³/mol. The zero-order valence-corrected chi connectivity index (χ0v) is 9.10. The lowest BCUT2D eigenvalue weighted by Gasteiger charge is -2.18. The lowest BCUT2D eigenvalue weighted by atomic mass is 10.00. The molecule has 88 valence electrons. The molecule has 1 aromatic carbocycles. The summed E-state index contributed by atoms with van der Waals surface area (Å²) in [7, 11) is 1.49. The number of fused-ring (bicyclic) bond motifs is 1. The number of carboxylic acid groups (broad SMARTS) is 1. The molecule has 5 nitrogen and oxygen atoms in total. The first-order chi connectivity index (χ1) is 8.11. The standard InChI is InChI=1S/C12H10O5/c1-16-8-2-3-10-9(5-8)12(15)7(6-17-10)4-11(13)14/h2-5H,6H2,1H3,(H,13,14). The van der Waals surface area contributed by atoms with E-state index in [4.69, 9.17) is 14.6 Å². The molecular weight excluding hydrogens is 224 g/mol. The Balaban J connectivity index is 2.43. The van der Waals surface area contributed by atoms with E-state index in [1.54, 1.807) is 12.1 Å². The van der Waals surface area contributed by atoms with E-state index in [0.29, 0.717) is 17.1 Å². The molecule has 0 spiro atoms. The van der Waals surface area contributed by atoms with Crippen molar-refractivity contribution in [2.45, 2.75) is 0 Å².